The zero-order valence-electron chi connectivity index (χ0n) is 10.6. The minimum Gasteiger partial charge on any atom is -0.468 e. The van der Waals surface area contributed by atoms with Gasteiger partial charge in [0.15, 0.2) is 0 Å². The number of halogens is 1. The topological polar surface area (TPSA) is 21.6 Å². The number of ether oxygens (including phenoxy) is 1. The Kier molecular flexibility index (Phi) is 2.85. The Morgan fingerprint density at radius 2 is 1.78 bits per heavy atom. The average Bonchev–Trinajstić information content (AvgIpc) is 2.74. The SMILES string of the molecule is ClC[C@H]1CSC(=NC23CC4CC(CC(C4)C2)C3)O1. The molecule has 5 fully saturated rings. The van der Waals surface area contributed by atoms with Crippen molar-refractivity contribution in [1.82, 2.24) is 0 Å². The Morgan fingerprint density at radius 1 is 1.17 bits per heavy atom. The molecule has 4 heteroatoms. The molecule has 0 aromatic rings. The molecule has 0 unspecified atom stereocenters. The smallest absolute Gasteiger partial charge is 0.246 e. The molecule has 0 N–H and O–H groups in total. The number of alkyl halides is 1. The number of aliphatic imine (C=N–C) groups is 1. The molecule has 100 valence electrons. The first-order chi connectivity index (χ1) is 8.75. The van der Waals surface area contributed by atoms with Gasteiger partial charge in [0.05, 0.1) is 11.4 Å². The summed E-state index contributed by atoms with van der Waals surface area (Å²) >= 11 is 7.62. The first kappa shape index (κ1) is 11.9. The summed E-state index contributed by atoms with van der Waals surface area (Å²) in [6, 6.07) is 0. The zero-order chi connectivity index (χ0) is 12.2. The van der Waals surface area contributed by atoms with Crippen molar-refractivity contribution in [2.24, 2.45) is 22.7 Å². The van der Waals surface area contributed by atoms with Crippen LogP contribution in [-0.2, 0) is 4.74 Å². The third-order valence-electron chi connectivity index (χ3n) is 5.17. The lowest BCUT2D eigenvalue weighted by molar-refractivity contribution is 0.000684. The predicted octanol–water partition coefficient (Wildman–Crippen LogP) is 3.68. The summed E-state index contributed by atoms with van der Waals surface area (Å²) in [4.78, 5) is 5.06. The van der Waals surface area contributed by atoms with Gasteiger partial charge in [0.2, 0.25) is 5.23 Å². The van der Waals surface area contributed by atoms with Gasteiger partial charge in [-0.2, -0.15) is 0 Å². The minimum absolute atomic E-state index is 0.185. The van der Waals surface area contributed by atoms with Crippen LogP contribution in [0.15, 0.2) is 4.99 Å². The van der Waals surface area contributed by atoms with Crippen molar-refractivity contribution in [1.29, 1.82) is 0 Å². The molecule has 1 aliphatic heterocycles. The van der Waals surface area contributed by atoms with Gasteiger partial charge in [0.1, 0.15) is 6.10 Å². The Balaban J connectivity index is 1.56. The van der Waals surface area contributed by atoms with Gasteiger partial charge in [0, 0.05) is 5.75 Å². The summed E-state index contributed by atoms with van der Waals surface area (Å²) in [7, 11) is 0. The second-order valence-electron chi connectivity index (χ2n) is 6.72. The van der Waals surface area contributed by atoms with Crippen molar-refractivity contribution < 1.29 is 4.74 Å². The van der Waals surface area contributed by atoms with Crippen LogP contribution in [0, 0.1) is 17.8 Å². The second-order valence-corrected chi connectivity index (χ2v) is 8.00. The molecule has 4 bridgehead atoms. The normalized spacial score (nSPS) is 51.9. The van der Waals surface area contributed by atoms with E-state index < -0.39 is 0 Å². The van der Waals surface area contributed by atoms with E-state index in [1.807, 2.05) is 0 Å². The number of thioether (sulfide) groups is 1. The van der Waals surface area contributed by atoms with Crippen LogP contribution < -0.4 is 0 Å². The van der Waals surface area contributed by atoms with Crippen LogP contribution in [0.4, 0.5) is 0 Å². The van der Waals surface area contributed by atoms with E-state index in [1.165, 1.54) is 38.5 Å². The fraction of sp³-hybridized carbons (Fsp3) is 0.929. The standard InChI is InChI=1S/C14H20ClNOS/c15-7-12-8-18-13(17-12)16-14-4-9-1-10(5-14)3-11(2-9)6-14/h9-12H,1-8H2/t9?,10?,11?,12-,14?/m0/s1. The van der Waals surface area contributed by atoms with Gasteiger partial charge in [-0.05, 0) is 56.3 Å². The predicted molar refractivity (Wildman–Crippen MR) is 76.4 cm³/mol. The van der Waals surface area contributed by atoms with E-state index in [4.69, 9.17) is 21.3 Å². The fourth-order valence-electron chi connectivity index (χ4n) is 4.91. The lowest BCUT2D eigenvalue weighted by atomic mass is 9.53. The third-order valence-corrected chi connectivity index (χ3v) is 6.48. The molecule has 4 saturated carbocycles. The number of rotatable bonds is 2. The van der Waals surface area contributed by atoms with Crippen LogP contribution in [-0.4, -0.2) is 28.5 Å². The van der Waals surface area contributed by atoms with Crippen molar-refractivity contribution in [3.8, 4) is 0 Å². The van der Waals surface area contributed by atoms with E-state index in [9.17, 15) is 0 Å². The Morgan fingerprint density at radius 3 is 2.28 bits per heavy atom. The number of hydrogen-bond donors (Lipinski definition) is 0. The molecule has 0 radical (unpaired) electrons. The third kappa shape index (κ3) is 1.98. The van der Waals surface area contributed by atoms with Gasteiger partial charge in [0.25, 0.3) is 0 Å². The second kappa shape index (κ2) is 4.31. The summed E-state index contributed by atoms with van der Waals surface area (Å²) in [5, 5.41) is 0.933. The highest BCUT2D eigenvalue weighted by atomic mass is 35.5. The van der Waals surface area contributed by atoms with Crippen molar-refractivity contribution in [2.45, 2.75) is 50.2 Å². The molecular formula is C14H20ClNOS. The zero-order valence-corrected chi connectivity index (χ0v) is 12.2. The summed E-state index contributed by atoms with van der Waals surface area (Å²) in [6.07, 6.45) is 8.56. The molecule has 0 aromatic heterocycles. The molecule has 2 nitrogen and oxygen atoms in total. The van der Waals surface area contributed by atoms with Crippen molar-refractivity contribution in [3.05, 3.63) is 0 Å². The summed E-state index contributed by atoms with van der Waals surface area (Å²) in [6.45, 7) is 0. The summed E-state index contributed by atoms with van der Waals surface area (Å²) < 4.78 is 5.83. The maximum atomic E-state index is 5.86. The molecular weight excluding hydrogens is 266 g/mol. The van der Waals surface area contributed by atoms with Gasteiger partial charge in [-0.3, -0.25) is 0 Å². The van der Waals surface area contributed by atoms with Crippen LogP contribution in [0.25, 0.3) is 0 Å². The largest absolute Gasteiger partial charge is 0.468 e. The quantitative estimate of drug-likeness (QED) is 0.722. The van der Waals surface area contributed by atoms with Crippen molar-refractivity contribution >= 4 is 28.6 Å². The van der Waals surface area contributed by atoms with Gasteiger partial charge in [-0.1, -0.05) is 11.8 Å². The Hall–Kier alpha value is 0.110. The van der Waals surface area contributed by atoms with Crippen LogP contribution in [0.2, 0.25) is 0 Å². The summed E-state index contributed by atoms with van der Waals surface area (Å²) in [5.74, 6) is 4.43. The maximum absolute atomic E-state index is 5.86. The highest BCUT2D eigenvalue weighted by molar-refractivity contribution is 8.13. The molecule has 5 rings (SSSR count). The molecule has 5 aliphatic rings. The molecule has 1 atom stereocenters. The van der Waals surface area contributed by atoms with E-state index in [-0.39, 0.29) is 11.6 Å². The minimum atomic E-state index is 0.185. The molecule has 4 aliphatic carbocycles. The molecule has 1 heterocycles. The molecule has 0 spiro atoms. The van der Waals surface area contributed by atoms with Crippen LogP contribution >= 0.6 is 23.4 Å². The van der Waals surface area contributed by atoms with Crippen LogP contribution in [0.1, 0.15) is 38.5 Å². The number of hydrogen-bond acceptors (Lipinski definition) is 3. The van der Waals surface area contributed by atoms with Crippen LogP contribution in [0.5, 0.6) is 0 Å². The highest BCUT2D eigenvalue weighted by Gasteiger charge is 2.51. The lowest BCUT2D eigenvalue weighted by Gasteiger charge is -2.54. The van der Waals surface area contributed by atoms with Gasteiger partial charge in [-0.15, -0.1) is 11.6 Å². The van der Waals surface area contributed by atoms with Gasteiger partial charge in [-0.25, -0.2) is 4.99 Å². The first-order valence-electron chi connectivity index (χ1n) is 7.20. The number of nitrogens with zero attached hydrogens (tertiary/aromatic N) is 1. The van der Waals surface area contributed by atoms with Crippen LogP contribution in [0.3, 0.4) is 0 Å². The van der Waals surface area contributed by atoms with E-state index in [0.29, 0.717) is 5.88 Å². The van der Waals surface area contributed by atoms with E-state index >= 15 is 0 Å². The van der Waals surface area contributed by atoms with Gasteiger partial charge >= 0.3 is 0 Å². The van der Waals surface area contributed by atoms with Crippen molar-refractivity contribution in [2.75, 3.05) is 11.6 Å². The molecule has 0 amide bonds. The Labute approximate surface area is 118 Å². The first-order valence-corrected chi connectivity index (χ1v) is 8.72. The molecule has 1 saturated heterocycles. The monoisotopic (exact) mass is 285 g/mol. The summed E-state index contributed by atoms with van der Waals surface area (Å²) in [5.41, 5.74) is 0.248. The maximum Gasteiger partial charge on any atom is 0.246 e. The van der Waals surface area contributed by atoms with Gasteiger partial charge < -0.3 is 4.74 Å². The van der Waals surface area contributed by atoms with E-state index in [0.717, 1.165) is 28.7 Å². The Bertz CT molecular complexity index is 349. The average molecular weight is 286 g/mol. The highest BCUT2D eigenvalue weighted by Crippen LogP contribution is 2.57. The lowest BCUT2D eigenvalue weighted by Crippen LogP contribution is -2.49. The van der Waals surface area contributed by atoms with E-state index in [1.54, 1.807) is 11.8 Å². The molecule has 18 heavy (non-hydrogen) atoms. The molecule has 0 aromatic carbocycles. The fourth-order valence-corrected chi connectivity index (χ4v) is 6.18. The van der Waals surface area contributed by atoms with Crippen molar-refractivity contribution in [3.63, 3.8) is 0 Å². The van der Waals surface area contributed by atoms with E-state index in [2.05, 4.69) is 0 Å².